The smallest absolute Gasteiger partial charge is 0.412 e. The summed E-state index contributed by atoms with van der Waals surface area (Å²) in [5.74, 6) is -0.126. The second-order valence-corrected chi connectivity index (χ2v) is 9.27. The molecule has 0 aliphatic heterocycles. The molecule has 198 valence electrons. The van der Waals surface area contributed by atoms with Gasteiger partial charge in [0.15, 0.2) is 12.2 Å². The molecule has 0 aromatic heterocycles. The highest BCUT2D eigenvalue weighted by atomic mass is 79.9. The van der Waals surface area contributed by atoms with Crippen LogP contribution in [0.1, 0.15) is 11.7 Å². The summed E-state index contributed by atoms with van der Waals surface area (Å²) in [5, 5.41) is 16.1. The van der Waals surface area contributed by atoms with Crippen LogP contribution in [0.2, 0.25) is 0 Å². The quantitative estimate of drug-likeness (QED) is 0.128. The molecule has 0 heterocycles. The van der Waals surface area contributed by atoms with E-state index >= 15 is 0 Å². The minimum absolute atomic E-state index is 0.118. The second-order valence-electron chi connectivity index (χ2n) is 8.35. The zero-order valence-electron chi connectivity index (χ0n) is 20.7. The molecule has 0 saturated heterocycles. The number of hydrogen-bond acceptors (Lipinski definition) is 6. The summed E-state index contributed by atoms with van der Waals surface area (Å²) in [7, 11) is 0. The number of nitrogens with one attached hydrogen (secondary N) is 2. The van der Waals surface area contributed by atoms with Crippen molar-refractivity contribution in [3.05, 3.63) is 125 Å². The fourth-order valence-electron chi connectivity index (χ4n) is 3.67. The van der Waals surface area contributed by atoms with Crippen molar-refractivity contribution in [2.75, 3.05) is 16.4 Å². The van der Waals surface area contributed by atoms with E-state index in [1.54, 1.807) is 84.9 Å². The van der Waals surface area contributed by atoms with Crippen molar-refractivity contribution in [1.82, 2.24) is 0 Å². The number of halogens is 1. The third-order valence-corrected chi connectivity index (χ3v) is 6.01. The van der Waals surface area contributed by atoms with Crippen LogP contribution in [-0.4, -0.2) is 23.2 Å². The number of carbonyl (C=O) groups is 2. The SMILES string of the molecule is Nc1ccccc1NC(=O)/C=C/[C@H](Oc1ccccc1)[C@@H](OC(=O)Nc1ccccc1)c1cc(Br)ccc1O. The van der Waals surface area contributed by atoms with Gasteiger partial charge in [0.1, 0.15) is 11.5 Å². The van der Waals surface area contributed by atoms with Gasteiger partial charge in [-0.25, -0.2) is 4.79 Å². The molecule has 0 aliphatic rings. The van der Waals surface area contributed by atoms with E-state index in [-0.39, 0.29) is 11.3 Å². The summed E-state index contributed by atoms with van der Waals surface area (Å²) < 4.78 is 12.6. The maximum absolute atomic E-state index is 13.0. The first kappa shape index (κ1) is 27.3. The Morgan fingerprint density at radius 2 is 1.54 bits per heavy atom. The van der Waals surface area contributed by atoms with E-state index in [1.165, 1.54) is 18.2 Å². The van der Waals surface area contributed by atoms with Crippen LogP contribution in [0.5, 0.6) is 11.5 Å². The second kappa shape index (κ2) is 13.2. The zero-order valence-corrected chi connectivity index (χ0v) is 22.2. The van der Waals surface area contributed by atoms with Crippen LogP contribution in [0, 0.1) is 0 Å². The number of phenols is 1. The number of anilines is 3. The number of aromatic hydroxyl groups is 1. The average Bonchev–Trinajstić information content (AvgIpc) is 2.93. The van der Waals surface area contributed by atoms with Crippen LogP contribution in [0.3, 0.4) is 0 Å². The summed E-state index contributed by atoms with van der Waals surface area (Å²) in [6, 6.07) is 29.3. The van der Waals surface area contributed by atoms with Crippen LogP contribution in [0.15, 0.2) is 120 Å². The molecule has 0 saturated carbocycles. The highest BCUT2D eigenvalue weighted by molar-refractivity contribution is 9.10. The molecular formula is C30H26BrN3O5. The molecular weight excluding hydrogens is 562 g/mol. The van der Waals surface area contributed by atoms with Crippen molar-refractivity contribution in [2.24, 2.45) is 0 Å². The Hall–Kier alpha value is -4.76. The molecule has 2 amide bonds. The van der Waals surface area contributed by atoms with E-state index in [9.17, 15) is 14.7 Å². The molecule has 0 spiro atoms. The molecule has 0 radical (unpaired) electrons. The summed E-state index contributed by atoms with van der Waals surface area (Å²) in [6.07, 6.45) is -0.226. The van der Waals surface area contributed by atoms with Gasteiger partial charge in [0.25, 0.3) is 0 Å². The number of benzene rings is 4. The van der Waals surface area contributed by atoms with E-state index in [1.807, 2.05) is 12.1 Å². The lowest BCUT2D eigenvalue weighted by Crippen LogP contribution is -2.30. The van der Waals surface area contributed by atoms with Crippen molar-refractivity contribution in [3.8, 4) is 11.5 Å². The van der Waals surface area contributed by atoms with Gasteiger partial charge in [0.2, 0.25) is 5.91 Å². The van der Waals surface area contributed by atoms with Gasteiger partial charge in [-0.2, -0.15) is 0 Å². The molecule has 39 heavy (non-hydrogen) atoms. The van der Waals surface area contributed by atoms with E-state index in [4.69, 9.17) is 15.2 Å². The largest absolute Gasteiger partial charge is 0.508 e. The summed E-state index contributed by atoms with van der Waals surface area (Å²) in [6.45, 7) is 0. The number of nitrogen functional groups attached to an aromatic ring is 1. The number of para-hydroxylation sites is 4. The van der Waals surface area contributed by atoms with Crippen LogP contribution < -0.4 is 21.1 Å². The highest BCUT2D eigenvalue weighted by Gasteiger charge is 2.30. The molecule has 4 aromatic rings. The van der Waals surface area contributed by atoms with Gasteiger partial charge in [0, 0.05) is 21.8 Å². The van der Waals surface area contributed by atoms with E-state index in [0.717, 1.165) is 0 Å². The lowest BCUT2D eigenvalue weighted by molar-refractivity contribution is -0.112. The first-order chi connectivity index (χ1) is 18.9. The van der Waals surface area contributed by atoms with Gasteiger partial charge in [-0.3, -0.25) is 10.1 Å². The van der Waals surface area contributed by atoms with E-state index < -0.39 is 24.2 Å². The van der Waals surface area contributed by atoms with Crippen molar-refractivity contribution < 1.29 is 24.2 Å². The monoisotopic (exact) mass is 587 g/mol. The van der Waals surface area contributed by atoms with Gasteiger partial charge < -0.3 is 25.6 Å². The third-order valence-electron chi connectivity index (χ3n) is 5.52. The van der Waals surface area contributed by atoms with Gasteiger partial charge >= 0.3 is 6.09 Å². The van der Waals surface area contributed by atoms with Crippen molar-refractivity contribution >= 4 is 45.0 Å². The normalized spacial score (nSPS) is 12.3. The molecule has 2 atom stereocenters. The van der Waals surface area contributed by atoms with Crippen LogP contribution in [-0.2, 0) is 9.53 Å². The Bertz CT molecular complexity index is 1450. The molecule has 4 aromatic carbocycles. The van der Waals surface area contributed by atoms with Crippen LogP contribution in [0.4, 0.5) is 21.9 Å². The molecule has 9 heteroatoms. The molecule has 4 rings (SSSR count). The minimum atomic E-state index is -1.16. The van der Waals surface area contributed by atoms with Crippen LogP contribution in [0.25, 0.3) is 0 Å². The number of rotatable bonds is 9. The third kappa shape index (κ3) is 7.86. The van der Waals surface area contributed by atoms with Crippen molar-refractivity contribution in [1.29, 1.82) is 0 Å². The van der Waals surface area contributed by atoms with Crippen molar-refractivity contribution in [3.63, 3.8) is 0 Å². The standard InChI is InChI=1S/C30H26BrN3O5/c31-20-15-16-26(35)23(19-20)29(39-30(37)33-21-9-3-1-4-10-21)27(38-22-11-5-2-6-12-22)17-18-28(36)34-25-14-8-7-13-24(25)32/h1-19,27,29,35H,32H2,(H,33,37)(H,34,36)/b18-17+/t27-,29-/m0/s1. The predicted molar refractivity (Wildman–Crippen MR) is 155 cm³/mol. The minimum Gasteiger partial charge on any atom is -0.508 e. The number of hydrogen-bond donors (Lipinski definition) is 4. The highest BCUT2D eigenvalue weighted by Crippen LogP contribution is 2.35. The Kier molecular flexibility index (Phi) is 9.20. The summed E-state index contributed by atoms with van der Waals surface area (Å²) in [5.41, 5.74) is 7.60. The number of ether oxygens (including phenoxy) is 2. The maximum atomic E-state index is 13.0. The Balaban J connectivity index is 1.67. The lowest BCUT2D eigenvalue weighted by atomic mass is 10.0. The molecule has 0 bridgehead atoms. The molecule has 0 fully saturated rings. The van der Waals surface area contributed by atoms with Crippen LogP contribution >= 0.6 is 15.9 Å². The fraction of sp³-hybridized carbons (Fsp3) is 0.0667. The molecule has 0 unspecified atom stereocenters. The maximum Gasteiger partial charge on any atom is 0.412 e. The topological polar surface area (TPSA) is 123 Å². The van der Waals surface area contributed by atoms with Gasteiger partial charge in [0.05, 0.1) is 11.4 Å². The number of amides is 2. The van der Waals surface area contributed by atoms with Gasteiger partial charge in [-0.15, -0.1) is 0 Å². The first-order valence-electron chi connectivity index (χ1n) is 12.0. The van der Waals surface area contributed by atoms with E-state index in [0.29, 0.717) is 27.3 Å². The van der Waals surface area contributed by atoms with E-state index in [2.05, 4.69) is 26.6 Å². The predicted octanol–water partition coefficient (Wildman–Crippen LogP) is 6.67. The zero-order chi connectivity index (χ0) is 27.6. The Morgan fingerprint density at radius 3 is 2.26 bits per heavy atom. The lowest BCUT2D eigenvalue weighted by Gasteiger charge is -2.27. The molecule has 0 aliphatic carbocycles. The van der Waals surface area contributed by atoms with Gasteiger partial charge in [-0.1, -0.05) is 64.5 Å². The summed E-state index contributed by atoms with van der Waals surface area (Å²) in [4.78, 5) is 25.7. The Labute approximate surface area is 234 Å². The Morgan fingerprint density at radius 1 is 0.872 bits per heavy atom. The number of nitrogens with two attached hydrogens (primary N) is 1. The fourth-order valence-corrected chi connectivity index (χ4v) is 4.05. The number of carbonyl (C=O) groups excluding carboxylic acids is 2. The number of phenolic OH excluding ortho intramolecular Hbond substituents is 1. The summed E-state index contributed by atoms with van der Waals surface area (Å²) >= 11 is 3.40. The van der Waals surface area contributed by atoms with Gasteiger partial charge in [-0.05, 0) is 60.7 Å². The first-order valence-corrected chi connectivity index (χ1v) is 12.7. The average molecular weight is 588 g/mol. The molecule has 5 N–H and O–H groups in total. The van der Waals surface area contributed by atoms with Crippen molar-refractivity contribution in [2.45, 2.75) is 12.2 Å². The molecule has 8 nitrogen and oxygen atoms in total.